The number of hydrogen-bond donors (Lipinski definition) is 0. The molecule has 25 heavy (non-hydrogen) atoms. The van der Waals surface area contributed by atoms with Crippen LogP contribution in [0.2, 0.25) is 0 Å². The van der Waals surface area contributed by atoms with Gasteiger partial charge in [0.2, 0.25) is 0 Å². The van der Waals surface area contributed by atoms with Crippen molar-refractivity contribution in [2.45, 2.75) is 44.5 Å². The Balaban J connectivity index is 1.19. The van der Waals surface area contributed by atoms with Crippen LogP contribution in [0.1, 0.15) is 31.7 Å². The molecule has 3 aliphatic rings. The maximum Gasteiger partial charge on any atom is 0.410 e. The van der Waals surface area contributed by atoms with E-state index >= 15 is 0 Å². The second-order valence-electron chi connectivity index (χ2n) is 7.84. The van der Waals surface area contributed by atoms with Gasteiger partial charge in [-0.2, -0.15) is 0 Å². The number of likely N-dealkylation sites (tertiary alicyclic amines) is 1. The molecule has 1 spiro atoms. The minimum atomic E-state index is -0.455. The molecule has 3 fully saturated rings. The van der Waals surface area contributed by atoms with Gasteiger partial charge < -0.3 is 19.1 Å². The summed E-state index contributed by atoms with van der Waals surface area (Å²) in [6.07, 6.45) is 1.66. The summed E-state index contributed by atoms with van der Waals surface area (Å²) in [5.74, 6) is -0.169. The van der Waals surface area contributed by atoms with Crippen molar-refractivity contribution >= 4 is 12.1 Å². The van der Waals surface area contributed by atoms with Crippen LogP contribution in [0.5, 0.6) is 0 Å². The Labute approximate surface area is 147 Å². The fourth-order valence-corrected chi connectivity index (χ4v) is 3.91. The van der Waals surface area contributed by atoms with Crippen molar-refractivity contribution < 1.29 is 23.8 Å². The number of benzene rings is 1. The highest BCUT2D eigenvalue weighted by Crippen LogP contribution is 2.42. The molecule has 2 aliphatic heterocycles. The predicted molar refractivity (Wildman–Crippen MR) is 88.7 cm³/mol. The maximum atomic E-state index is 12.3. The van der Waals surface area contributed by atoms with Gasteiger partial charge in [-0.15, -0.1) is 0 Å². The van der Waals surface area contributed by atoms with Gasteiger partial charge in [0, 0.05) is 25.9 Å². The van der Waals surface area contributed by atoms with Crippen LogP contribution in [-0.4, -0.2) is 48.4 Å². The van der Waals surface area contributed by atoms with E-state index in [0.717, 1.165) is 5.56 Å². The first-order chi connectivity index (χ1) is 12.0. The lowest BCUT2D eigenvalue weighted by Crippen LogP contribution is -2.61. The average molecular weight is 345 g/mol. The van der Waals surface area contributed by atoms with Crippen LogP contribution in [0, 0.1) is 5.41 Å². The number of esters is 1. The van der Waals surface area contributed by atoms with E-state index in [2.05, 4.69) is 0 Å². The van der Waals surface area contributed by atoms with Crippen LogP contribution in [0.3, 0.4) is 0 Å². The quantitative estimate of drug-likeness (QED) is 0.785. The van der Waals surface area contributed by atoms with Crippen LogP contribution in [0.25, 0.3) is 0 Å². The van der Waals surface area contributed by atoms with Gasteiger partial charge in [-0.05, 0) is 12.5 Å². The molecule has 0 radical (unpaired) electrons. The van der Waals surface area contributed by atoms with Crippen molar-refractivity contribution in [3.63, 3.8) is 0 Å². The zero-order chi connectivity index (χ0) is 17.5. The summed E-state index contributed by atoms with van der Waals surface area (Å²) >= 11 is 0. The third-order valence-electron chi connectivity index (χ3n) is 5.35. The average Bonchev–Trinajstić information content (AvgIpc) is 2.92. The molecule has 1 aliphatic carbocycles. The molecule has 1 aromatic carbocycles. The summed E-state index contributed by atoms with van der Waals surface area (Å²) < 4.78 is 16.6. The van der Waals surface area contributed by atoms with Gasteiger partial charge in [-0.1, -0.05) is 30.3 Å². The lowest BCUT2D eigenvalue weighted by Gasteiger charge is -2.49. The molecule has 0 atom stereocenters. The van der Waals surface area contributed by atoms with Crippen LogP contribution < -0.4 is 0 Å². The minimum Gasteiger partial charge on any atom is -0.465 e. The van der Waals surface area contributed by atoms with Crippen LogP contribution >= 0.6 is 0 Å². The molecule has 1 saturated carbocycles. The molecule has 0 bridgehead atoms. The molecule has 6 heteroatoms. The largest absolute Gasteiger partial charge is 0.465 e. The lowest BCUT2D eigenvalue weighted by atomic mass is 9.78. The second-order valence-corrected chi connectivity index (χ2v) is 7.84. The Hall–Kier alpha value is -2.08. The molecular formula is C19H23NO5. The molecule has 6 nitrogen and oxygen atoms in total. The summed E-state index contributed by atoms with van der Waals surface area (Å²) in [6, 6.07) is 10.0. The van der Waals surface area contributed by atoms with Gasteiger partial charge in [0.05, 0.1) is 24.5 Å². The number of carbonyl (C=O) groups is 2. The number of amides is 1. The van der Waals surface area contributed by atoms with Crippen LogP contribution in [0.15, 0.2) is 30.3 Å². The third kappa shape index (κ3) is 3.35. The fourth-order valence-electron chi connectivity index (χ4n) is 3.91. The lowest BCUT2D eigenvalue weighted by molar-refractivity contribution is -0.147. The van der Waals surface area contributed by atoms with Crippen molar-refractivity contribution in [2.75, 3.05) is 19.7 Å². The summed E-state index contributed by atoms with van der Waals surface area (Å²) in [7, 11) is 0. The van der Waals surface area contributed by atoms with E-state index in [0.29, 0.717) is 45.6 Å². The van der Waals surface area contributed by atoms with E-state index in [9.17, 15) is 9.59 Å². The van der Waals surface area contributed by atoms with Crippen molar-refractivity contribution in [3.05, 3.63) is 35.9 Å². The topological polar surface area (TPSA) is 65.1 Å². The van der Waals surface area contributed by atoms with Gasteiger partial charge in [0.1, 0.15) is 12.2 Å². The third-order valence-corrected chi connectivity index (χ3v) is 5.35. The van der Waals surface area contributed by atoms with E-state index in [1.165, 1.54) is 0 Å². The molecule has 0 N–H and O–H groups in total. The van der Waals surface area contributed by atoms with E-state index < -0.39 is 5.60 Å². The van der Waals surface area contributed by atoms with Crippen molar-refractivity contribution in [2.24, 2.45) is 5.41 Å². The molecule has 0 unspecified atom stereocenters. The SMILES string of the molecule is CC1(OC(=O)N2CC3(COC(=O)C3)C2)CC(OCc2ccccc2)C1. The minimum absolute atomic E-state index is 0.126. The summed E-state index contributed by atoms with van der Waals surface area (Å²) in [5.41, 5.74) is 0.522. The summed E-state index contributed by atoms with van der Waals surface area (Å²) in [4.78, 5) is 25.2. The van der Waals surface area contributed by atoms with Gasteiger partial charge in [0.15, 0.2) is 0 Å². The molecule has 0 aromatic heterocycles. The summed E-state index contributed by atoms with van der Waals surface area (Å²) in [6.45, 7) is 4.04. The highest BCUT2D eigenvalue weighted by molar-refractivity contribution is 5.75. The van der Waals surface area contributed by atoms with Gasteiger partial charge in [-0.3, -0.25) is 4.79 Å². The Morgan fingerprint density at radius 2 is 2.00 bits per heavy atom. The zero-order valence-electron chi connectivity index (χ0n) is 14.4. The Bertz CT molecular complexity index is 662. The number of nitrogens with zero attached hydrogens (tertiary/aromatic N) is 1. The fraction of sp³-hybridized carbons (Fsp3) is 0.579. The number of hydrogen-bond acceptors (Lipinski definition) is 5. The summed E-state index contributed by atoms with van der Waals surface area (Å²) in [5, 5.41) is 0. The highest BCUT2D eigenvalue weighted by Gasteiger charge is 2.53. The monoisotopic (exact) mass is 345 g/mol. The van der Waals surface area contributed by atoms with Crippen LogP contribution in [0.4, 0.5) is 4.79 Å². The number of cyclic esters (lactones) is 1. The number of rotatable bonds is 4. The van der Waals surface area contributed by atoms with Gasteiger partial charge in [0.25, 0.3) is 0 Å². The predicted octanol–water partition coefficient (Wildman–Crippen LogP) is 2.51. The van der Waals surface area contributed by atoms with Gasteiger partial charge >= 0.3 is 12.1 Å². The molecule has 2 saturated heterocycles. The Morgan fingerprint density at radius 1 is 1.28 bits per heavy atom. The maximum absolute atomic E-state index is 12.3. The van der Waals surface area contributed by atoms with E-state index in [4.69, 9.17) is 14.2 Å². The first-order valence-corrected chi connectivity index (χ1v) is 8.75. The molecule has 1 amide bonds. The number of ether oxygens (including phenoxy) is 3. The first kappa shape index (κ1) is 16.4. The zero-order valence-corrected chi connectivity index (χ0v) is 14.4. The van der Waals surface area contributed by atoms with Crippen molar-refractivity contribution in [3.8, 4) is 0 Å². The smallest absolute Gasteiger partial charge is 0.410 e. The Morgan fingerprint density at radius 3 is 2.64 bits per heavy atom. The Kier molecular flexibility index (Phi) is 3.95. The first-order valence-electron chi connectivity index (χ1n) is 8.75. The van der Waals surface area contributed by atoms with E-state index in [1.54, 1.807) is 4.90 Å². The molecule has 134 valence electrons. The molecule has 1 aromatic rings. The van der Waals surface area contributed by atoms with Crippen LogP contribution in [-0.2, 0) is 25.6 Å². The normalized spacial score (nSPS) is 29.7. The molecule has 4 rings (SSSR count). The highest BCUT2D eigenvalue weighted by atomic mass is 16.6. The van der Waals surface area contributed by atoms with E-state index in [-0.39, 0.29) is 23.6 Å². The second kappa shape index (κ2) is 6.02. The standard InChI is InChI=1S/C19H23NO5/c1-18(7-15(8-18)23-10-14-5-3-2-4-6-14)25-17(22)20-11-19(12-20)9-16(21)24-13-19/h2-6,15H,7-13H2,1H3. The van der Waals surface area contributed by atoms with Crippen molar-refractivity contribution in [1.29, 1.82) is 0 Å². The van der Waals surface area contributed by atoms with E-state index in [1.807, 2.05) is 37.3 Å². The molecular weight excluding hydrogens is 322 g/mol. The number of carbonyl (C=O) groups excluding carboxylic acids is 2. The molecule has 2 heterocycles. The van der Waals surface area contributed by atoms with Crippen molar-refractivity contribution in [1.82, 2.24) is 4.90 Å². The van der Waals surface area contributed by atoms with Gasteiger partial charge in [-0.25, -0.2) is 4.79 Å².